The van der Waals surface area contributed by atoms with Crippen LogP contribution < -0.4 is 0 Å². The van der Waals surface area contributed by atoms with Crippen molar-refractivity contribution in [2.24, 2.45) is 22.7 Å². The van der Waals surface area contributed by atoms with Gasteiger partial charge in [-0.15, -0.1) is 0 Å². The van der Waals surface area contributed by atoms with Crippen molar-refractivity contribution < 1.29 is 34.0 Å². The van der Waals surface area contributed by atoms with Gasteiger partial charge in [0.05, 0.1) is 11.2 Å². The highest BCUT2D eigenvalue weighted by Crippen LogP contribution is 2.69. The van der Waals surface area contributed by atoms with Crippen molar-refractivity contribution in [1.82, 2.24) is 0 Å². The van der Waals surface area contributed by atoms with Crippen molar-refractivity contribution in [2.75, 3.05) is 6.61 Å². The molecule has 7 nitrogen and oxygen atoms in total. The summed E-state index contributed by atoms with van der Waals surface area (Å²) in [6.45, 7) is 11.3. The van der Waals surface area contributed by atoms with Crippen molar-refractivity contribution in [3.8, 4) is 0 Å². The third kappa shape index (κ3) is 2.82. The number of fused-ring (bicyclic) bond motifs is 4. The Morgan fingerprint density at radius 1 is 1.16 bits per heavy atom. The van der Waals surface area contributed by atoms with Crippen LogP contribution in [0, 0.1) is 22.7 Å². The molecule has 0 bridgehead atoms. The molecule has 0 saturated heterocycles. The number of hydrogen-bond acceptors (Lipinski definition) is 7. The zero-order valence-electron chi connectivity index (χ0n) is 19.5. The van der Waals surface area contributed by atoms with Gasteiger partial charge in [-0.2, -0.15) is 0 Å². The van der Waals surface area contributed by atoms with E-state index in [1.807, 2.05) is 13.8 Å². The maximum absolute atomic E-state index is 12.3. The van der Waals surface area contributed by atoms with E-state index < -0.39 is 39.9 Å². The Balaban J connectivity index is 1.89. The Labute approximate surface area is 184 Å². The van der Waals surface area contributed by atoms with Crippen LogP contribution in [0.15, 0.2) is 11.6 Å². The number of ether oxygens (including phenoxy) is 3. The number of carbonyl (C=O) groups excluding carboxylic acids is 2. The van der Waals surface area contributed by atoms with Crippen LogP contribution >= 0.6 is 0 Å². The average Bonchev–Trinajstić information content (AvgIpc) is 2.98. The van der Waals surface area contributed by atoms with E-state index in [1.54, 1.807) is 6.92 Å². The number of hydrogen-bond donors (Lipinski definition) is 2. The third-order valence-electron chi connectivity index (χ3n) is 9.16. The van der Waals surface area contributed by atoms with Crippen molar-refractivity contribution in [3.63, 3.8) is 0 Å². The third-order valence-corrected chi connectivity index (χ3v) is 9.16. The summed E-state index contributed by atoms with van der Waals surface area (Å²) in [5.74, 6) is -2.80. The van der Waals surface area contributed by atoms with Crippen LogP contribution in [0.25, 0.3) is 0 Å². The first-order valence-corrected chi connectivity index (χ1v) is 11.5. The normalized spacial score (nSPS) is 48.1. The van der Waals surface area contributed by atoms with Gasteiger partial charge in [-0.1, -0.05) is 20.8 Å². The van der Waals surface area contributed by atoms with Crippen LogP contribution in [0.1, 0.15) is 73.6 Å². The molecule has 4 rings (SSSR count). The highest BCUT2D eigenvalue weighted by molar-refractivity contribution is 5.87. The van der Waals surface area contributed by atoms with Crippen LogP contribution in [0.4, 0.5) is 0 Å². The lowest BCUT2D eigenvalue weighted by molar-refractivity contribution is -0.315. The number of rotatable bonds is 3. The fraction of sp³-hybridized carbons (Fsp3) is 0.833. The molecule has 0 aromatic rings. The molecule has 1 aliphatic heterocycles. The molecule has 7 unspecified atom stereocenters. The predicted octanol–water partition coefficient (Wildman–Crippen LogP) is 2.87. The first kappa shape index (κ1) is 22.7. The van der Waals surface area contributed by atoms with E-state index in [4.69, 9.17) is 14.2 Å². The molecule has 174 valence electrons. The van der Waals surface area contributed by atoms with E-state index in [-0.39, 0.29) is 17.8 Å². The number of aliphatic hydroxyl groups is 2. The fourth-order valence-corrected chi connectivity index (χ4v) is 7.59. The molecule has 4 aliphatic rings. The largest absolute Gasteiger partial charge is 0.462 e. The SMILES string of the molecule is CCOC12CC3C(CCC4(O)C(C)(C)CCC(OC(C)=O)C34C)C(C)(O)C1=CC(=O)O2. The van der Waals surface area contributed by atoms with Gasteiger partial charge in [-0.05, 0) is 56.8 Å². The lowest BCUT2D eigenvalue weighted by atomic mass is 9.39. The molecule has 3 saturated carbocycles. The van der Waals surface area contributed by atoms with Crippen molar-refractivity contribution >= 4 is 11.9 Å². The Kier molecular flexibility index (Phi) is 4.97. The molecule has 2 N–H and O–H groups in total. The van der Waals surface area contributed by atoms with Crippen molar-refractivity contribution in [3.05, 3.63) is 11.6 Å². The minimum Gasteiger partial charge on any atom is -0.462 e. The molecular formula is C24H36O7. The summed E-state index contributed by atoms with van der Waals surface area (Å²) in [5.41, 5.74) is -3.26. The topological polar surface area (TPSA) is 102 Å². The highest BCUT2D eigenvalue weighted by Gasteiger charge is 2.74. The van der Waals surface area contributed by atoms with E-state index in [0.29, 0.717) is 37.9 Å². The Morgan fingerprint density at radius 3 is 2.45 bits per heavy atom. The van der Waals surface area contributed by atoms with Crippen LogP contribution in [0.5, 0.6) is 0 Å². The number of carbonyl (C=O) groups is 2. The van der Waals surface area contributed by atoms with Crippen LogP contribution in [0.2, 0.25) is 0 Å². The van der Waals surface area contributed by atoms with E-state index in [1.165, 1.54) is 13.0 Å². The fourth-order valence-electron chi connectivity index (χ4n) is 7.59. The molecule has 7 heteroatoms. The first-order valence-electron chi connectivity index (χ1n) is 11.5. The molecule has 0 aromatic heterocycles. The van der Waals surface area contributed by atoms with Gasteiger partial charge in [0.15, 0.2) is 0 Å². The Hall–Kier alpha value is -1.44. The second kappa shape index (κ2) is 6.78. The Morgan fingerprint density at radius 2 is 1.84 bits per heavy atom. The van der Waals surface area contributed by atoms with E-state index >= 15 is 0 Å². The van der Waals surface area contributed by atoms with Crippen molar-refractivity contribution in [2.45, 2.75) is 96.7 Å². The summed E-state index contributed by atoms with van der Waals surface area (Å²) in [7, 11) is 0. The van der Waals surface area contributed by atoms with Gasteiger partial charge in [0.1, 0.15) is 6.10 Å². The molecule has 0 amide bonds. The second-order valence-corrected chi connectivity index (χ2v) is 10.9. The van der Waals surface area contributed by atoms with Crippen LogP contribution in [-0.4, -0.2) is 51.9 Å². The molecule has 1 heterocycles. The van der Waals surface area contributed by atoms with Gasteiger partial charge in [-0.25, -0.2) is 4.79 Å². The lowest BCUT2D eigenvalue weighted by Crippen LogP contribution is -2.74. The van der Waals surface area contributed by atoms with Crippen molar-refractivity contribution in [1.29, 1.82) is 0 Å². The van der Waals surface area contributed by atoms with E-state index in [2.05, 4.69) is 13.8 Å². The summed E-state index contributed by atoms with van der Waals surface area (Å²) in [4.78, 5) is 24.3. The van der Waals surface area contributed by atoms with Gasteiger partial charge < -0.3 is 24.4 Å². The van der Waals surface area contributed by atoms with Gasteiger partial charge in [0.25, 0.3) is 0 Å². The first-order chi connectivity index (χ1) is 14.2. The zero-order valence-corrected chi connectivity index (χ0v) is 19.5. The van der Waals surface area contributed by atoms with E-state index in [0.717, 1.165) is 6.42 Å². The minimum atomic E-state index is -1.36. The van der Waals surface area contributed by atoms with Crippen LogP contribution in [0.3, 0.4) is 0 Å². The van der Waals surface area contributed by atoms with Gasteiger partial charge in [-0.3, -0.25) is 4.79 Å². The minimum absolute atomic E-state index is 0.237. The van der Waals surface area contributed by atoms with Gasteiger partial charge >= 0.3 is 11.9 Å². The standard InChI is InChI=1S/C24H36O7/c1-7-29-23-13-16-15(22(6,27)17(23)12-19(26)31-23)8-11-24(28)20(3,4)10-9-18(21(16,24)5)30-14(2)25/h12,15-16,18,27-28H,7-11,13H2,1-6H3. The molecule has 31 heavy (non-hydrogen) atoms. The van der Waals surface area contributed by atoms with Crippen LogP contribution in [-0.2, 0) is 23.8 Å². The van der Waals surface area contributed by atoms with Gasteiger partial charge in [0.2, 0.25) is 5.79 Å². The summed E-state index contributed by atoms with van der Waals surface area (Å²) in [6.07, 6.45) is 3.59. The maximum Gasteiger partial charge on any atom is 0.333 e. The quantitative estimate of drug-likeness (QED) is 0.656. The molecule has 3 fully saturated rings. The monoisotopic (exact) mass is 436 g/mol. The summed E-state index contributed by atoms with van der Waals surface area (Å²) >= 11 is 0. The Bertz CT molecular complexity index is 830. The lowest BCUT2D eigenvalue weighted by Gasteiger charge is -2.69. The molecule has 7 atom stereocenters. The van der Waals surface area contributed by atoms with Gasteiger partial charge in [0, 0.05) is 37.0 Å². The maximum atomic E-state index is 12.3. The molecule has 0 aromatic carbocycles. The van der Waals surface area contributed by atoms with E-state index in [9.17, 15) is 19.8 Å². The average molecular weight is 437 g/mol. The predicted molar refractivity (Wildman–Crippen MR) is 112 cm³/mol. The molecule has 0 spiro atoms. The summed E-state index contributed by atoms with van der Waals surface area (Å²) in [5, 5.41) is 24.0. The molecule has 3 aliphatic carbocycles. The summed E-state index contributed by atoms with van der Waals surface area (Å²) in [6, 6.07) is 0. The zero-order chi connectivity index (χ0) is 23.0. The highest BCUT2D eigenvalue weighted by atomic mass is 16.7. The molecule has 0 radical (unpaired) electrons. The molecular weight excluding hydrogens is 400 g/mol. The smallest absolute Gasteiger partial charge is 0.333 e. The second-order valence-electron chi connectivity index (χ2n) is 10.9. The summed E-state index contributed by atoms with van der Waals surface area (Å²) < 4.78 is 17.5. The number of esters is 2.